The Morgan fingerprint density at radius 3 is 2.67 bits per heavy atom. The predicted molar refractivity (Wildman–Crippen MR) is 68.6 cm³/mol. The second kappa shape index (κ2) is 5.29. The normalized spacial score (nSPS) is 23.0. The summed E-state index contributed by atoms with van der Waals surface area (Å²) in [6, 6.07) is 7.76. The summed E-state index contributed by atoms with van der Waals surface area (Å²) in [5.74, 6) is 0.830. The number of hydrogen-bond acceptors (Lipinski definition) is 3. The first-order chi connectivity index (χ1) is 8.65. The summed E-state index contributed by atoms with van der Waals surface area (Å²) in [5, 5.41) is 3.86. The zero-order chi connectivity index (χ0) is 13.0. The zero-order valence-electron chi connectivity index (χ0n) is 10.7. The molecule has 0 aliphatic carbocycles. The maximum atomic E-state index is 8.61. The van der Waals surface area contributed by atoms with Crippen molar-refractivity contribution < 1.29 is 9.47 Å². The fraction of sp³-hybridized carbons (Fsp3) is 0.538. The van der Waals surface area contributed by atoms with Crippen molar-refractivity contribution in [3.05, 3.63) is 40.3 Å². The van der Waals surface area contributed by atoms with Crippen LogP contribution in [-0.2, 0) is 11.2 Å². The van der Waals surface area contributed by atoms with E-state index in [1.165, 1.54) is 0 Å². The number of ether oxygens (including phenoxy) is 2. The van der Waals surface area contributed by atoms with Gasteiger partial charge in [-0.05, 0) is 43.0 Å². The Bertz CT molecular complexity index is 448. The summed E-state index contributed by atoms with van der Waals surface area (Å²) in [5.41, 5.74) is 9.66. The van der Waals surface area contributed by atoms with E-state index >= 15 is 0 Å². The van der Waals surface area contributed by atoms with Crippen LogP contribution in [0.2, 0.25) is 0 Å². The number of epoxide rings is 1. The van der Waals surface area contributed by atoms with E-state index in [2.05, 4.69) is 10.0 Å². The van der Waals surface area contributed by atoms with Crippen LogP contribution < -0.4 is 4.74 Å². The van der Waals surface area contributed by atoms with Gasteiger partial charge in [0.25, 0.3) is 0 Å². The Hall–Kier alpha value is -1.71. The lowest BCUT2D eigenvalue weighted by Crippen LogP contribution is -2.18. The van der Waals surface area contributed by atoms with Gasteiger partial charge in [-0.1, -0.05) is 17.2 Å². The largest absolute Gasteiger partial charge is 0.497 e. The van der Waals surface area contributed by atoms with Crippen LogP contribution in [0.15, 0.2) is 29.4 Å². The van der Waals surface area contributed by atoms with E-state index in [9.17, 15) is 0 Å². The lowest BCUT2D eigenvalue weighted by Gasteiger charge is -2.13. The lowest BCUT2D eigenvalue weighted by atomic mass is 9.97. The summed E-state index contributed by atoms with van der Waals surface area (Å²) in [7, 11) is 1.64. The predicted octanol–water partition coefficient (Wildman–Crippen LogP) is 3.10. The van der Waals surface area contributed by atoms with Crippen molar-refractivity contribution >= 4 is 0 Å². The number of nitrogens with zero attached hydrogens (tertiary/aromatic N) is 3. The summed E-state index contributed by atoms with van der Waals surface area (Å²) in [6.45, 7) is 2.80. The van der Waals surface area contributed by atoms with Gasteiger partial charge >= 0.3 is 0 Å². The van der Waals surface area contributed by atoms with E-state index in [1.807, 2.05) is 31.2 Å². The van der Waals surface area contributed by atoms with Crippen LogP contribution in [0.1, 0.15) is 18.9 Å². The third-order valence-corrected chi connectivity index (χ3v) is 3.15. The first-order valence-corrected chi connectivity index (χ1v) is 5.96. The topological polar surface area (TPSA) is 70.5 Å². The quantitative estimate of drug-likeness (QED) is 0.335. The summed E-state index contributed by atoms with van der Waals surface area (Å²) >= 11 is 0. The van der Waals surface area contributed by atoms with Gasteiger partial charge in [0.15, 0.2) is 0 Å². The van der Waals surface area contributed by atoms with E-state index in [4.69, 9.17) is 15.0 Å². The third-order valence-electron chi connectivity index (χ3n) is 3.15. The molecule has 1 aromatic carbocycles. The number of methoxy groups -OCH3 is 1. The van der Waals surface area contributed by atoms with Crippen LogP contribution in [-0.4, -0.2) is 25.4 Å². The van der Waals surface area contributed by atoms with Crippen molar-refractivity contribution in [1.29, 1.82) is 0 Å². The van der Waals surface area contributed by atoms with Gasteiger partial charge in [-0.2, -0.15) is 0 Å². The van der Waals surface area contributed by atoms with Crippen LogP contribution >= 0.6 is 0 Å². The van der Waals surface area contributed by atoms with E-state index in [0.29, 0.717) is 0 Å². The fourth-order valence-electron chi connectivity index (χ4n) is 2.00. The molecule has 1 aromatic rings. The van der Waals surface area contributed by atoms with E-state index in [-0.39, 0.29) is 11.6 Å². The molecule has 0 amide bonds. The molecule has 0 spiro atoms. The average Bonchev–Trinajstić information content (AvgIpc) is 3.08. The molecule has 96 valence electrons. The molecule has 0 N–H and O–H groups in total. The Labute approximate surface area is 106 Å². The summed E-state index contributed by atoms with van der Waals surface area (Å²) in [4.78, 5) is 2.92. The van der Waals surface area contributed by atoms with E-state index < -0.39 is 0 Å². The molecule has 0 bridgehead atoms. The molecule has 5 heteroatoms. The standard InChI is InChI=1S/C13H17N3O2/c1-13(9-18-13)8-11(15-16-14)7-10-3-5-12(17-2)6-4-10/h3-6,11H,7-9H2,1-2H3/t11-,13+/m1/s1. The highest BCUT2D eigenvalue weighted by Gasteiger charge is 2.40. The van der Waals surface area contributed by atoms with Gasteiger partial charge in [0.05, 0.1) is 19.3 Å². The molecule has 0 unspecified atom stereocenters. The molecular formula is C13H17N3O2. The van der Waals surface area contributed by atoms with Crippen molar-refractivity contribution in [3.63, 3.8) is 0 Å². The monoisotopic (exact) mass is 247 g/mol. The van der Waals surface area contributed by atoms with Crippen molar-refractivity contribution in [2.75, 3.05) is 13.7 Å². The minimum absolute atomic E-state index is 0.0594. The SMILES string of the molecule is COc1ccc(C[C@H](C[C@@]2(C)CO2)N=[N+]=[N-])cc1. The minimum Gasteiger partial charge on any atom is -0.497 e. The molecule has 0 saturated carbocycles. The number of benzene rings is 1. The van der Waals surface area contributed by atoms with Crippen LogP contribution in [0.4, 0.5) is 0 Å². The maximum absolute atomic E-state index is 8.61. The smallest absolute Gasteiger partial charge is 0.118 e. The molecule has 1 aliphatic rings. The molecule has 5 nitrogen and oxygen atoms in total. The highest BCUT2D eigenvalue weighted by atomic mass is 16.6. The van der Waals surface area contributed by atoms with Crippen molar-refractivity contribution in [1.82, 2.24) is 0 Å². The zero-order valence-corrected chi connectivity index (χ0v) is 10.7. The first-order valence-electron chi connectivity index (χ1n) is 5.96. The van der Waals surface area contributed by atoms with Crippen LogP contribution in [0, 0.1) is 0 Å². The average molecular weight is 247 g/mol. The summed E-state index contributed by atoms with van der Waals surface area (Å²) < 4.78 is 10.5. The molecule has 0 radical (unpaired) electrons. The minimum atomic E-state index is -0.0919. The Kier molecular flexibility index (Phi) is 3.75. The van der Waals surface area contributed by atoms with Gasteiger partial charge in [-0.3, -0.25) is 0 Å². The molecule has 1 fully saturated rings. The van der Waals surface area contributed by atoms with E-state index in [0.717, 1.165) is 30.8 Å². The second-order valence-corrected chi connectivity index (χ2v) is 4.85. The van der Waals surface area contributed by atoms with Crippen molar-refractivity contribution in [2.24, 2.45) is 5.11 Å². The second-order valence-electron chi connectivity index (χ2n) is 4.85. The van der Waals surface area contributed by atoms with Gasteiger partial charge < -0.3 is 9.47 Å². The molecule has 1 aliphatic heterocycles. The van der Waals surface area contributed by atoms with Gasteiger partial charge in [0, 0.05) is 11.0 Å². The van der Waals surface area contributed by atoms with Crippen LogP contribution in [0.5, 0.6) is 5.75 Å². The van der Waals surface area contributed by atoms with Crippen LogP contribution in [0.3, 0.4) is 0 Å². The number of hydrogen-bond donors (Lipinski definition) is 0. The molecule has 18 heavy (non-hydrogen) atoms. The Balaban J connectivity index is 2.00. The maximum Gasteiger partial charge on any atom is 0.118 e. The Morgan fingerprint density at radius 2 is 2.17 bits per heavy atom. The molecular weight excluding hydrogens is 230 g/mol. The first kappa shape index (κ1) is 12.7. The van der Waals surface area contributed by atoms with Crippen molar-refractivity contribution in [3.8, 4) is 5.75 Å². The molecule has 1 heterocycles. The highest BCUT2D eigenvalue weighted by Crippen LogP contribution is 2.33. The molecule has 2 rings (SSSR count). The van der Waals surface area contributed by atoms with Crippen LogP contribution in [0.25, 0.3) is 10.4 Å². The van der Waals surface area contributed by atoms with E-state index in [1.54, 1.807) is 7.11 Å². The van der Waals surface area contributed by atoms with Gasteiger partial charge in [0.1, 0.15) is 5.75 Å². The summed E-state index contributed by atoms with van der Waals surface area (Å²) in [6.07, 6.45) is 1.50. The molecule has 1 saturated heterocycles. The lowest BCUT2D eigenvalue weighted by molar-refractivity contribution is 0.292. The number of rotatable bonds is 6. The molecule has 0 aromatic heterocycles. The highest BCUT2D eigenvalue weighted by molar-refractivity contribution is 5.27. The number of azide groups is 1. The van der Waals surface area contributed by atoms with Crippen molar-refractivity contribution in [2.45, 2.75) is 31.4 Å². The van der Waals surface area contributed by atoms with Gasteiger partial charge in [-0.15, -0.1) is 0 Å². The molecule has 2 atom stereocenters. The third kappa shape index (κ3) is 3.39. The van der Waals surface area contributed by atoms with Gasteiger partial charge in [0.2, 0.25) is 0 Å². The fourth-order valence-corrected chi connectivity index (χ4v) is 2.00. The Morgan fingerprint density at radius 1 is 1.50 bits per heavy atom. The van der Waals surface area contributed by atoms with Gasteiger partial charge in [-0.25, -0.2) is 0 Å².